The minimum atomic E-state index is 0.0285. The zero-order chi connectivity index (χ0) is 12.9. The molecule has 3 heteroatoms. The second-order valence-electron chi connectivity index (χ2n) is 7.17. The summed E-state index contributed by atoms with van der Waals surface area (Å²) in [7, 11) is 0. The van der Waals surface area contributed by atoms with E-state index in [4.69, 9.17) is 0 Å². The molecule has 0 aromatic carbocycles. The van der Waals surface area contributed by atoms with Crippen LogP contribution < -0.4 is 5.32 Å². The van der Waals surface area contributed by atoms with Crippen LogP contribution in [0.1, 0.15) is 38.5 Å². The van der Waals surface area contributed by atoms with Crippen molar-refractivity contribution in [1.82, 2.24) is 9.88 Å². The number of aromatic nitrogens is 1. The van der Waals surface area contributed by atoms with Crippen LogP contribution in [0, 0.1) is 23.2 Å². The Bertz CT molecular complexity index is 442. The van der Waals surface area contributed by atoms with E-state index >= 15 is 0 Å². The Balaban J connectivity index is 1.44. The van der Waals surface area contributed by atoms with E-state index in [1.54, 1.807) is 4.57 Å². The summed E-state index contributed by atoms with van der Waals surface area (Å²) in [6.07, 6.45) is 12.1. The molecule has 1 amide bonds. The van der Waals surface area contributed by atoms with Gasteiger partial charge in [-0.05, 0) is 73.8 Å². The van der Waals surface area contributed by atoms with Gasteiger partial charge in [0.05, 0.1) is 0 Å². The highest BCUT2D eigenvalue weighted by atomic mass is 16.2. The summed E-state index contributed by atoms with van der Waals surface area (Å²) in [5.74, 6) is 2.86. The van der Waals surface area contributed by atoms with Gasteiger partial charge in [0.2, 0.25) is 0 Å². The number of rotatable bonds is 2. The van der Waals surface area contributed by atoms with Gasteiger partial charge in [-0.3, -0.25) is 4.57 Å². The lowest BCUT2D eigenvalue weighted by Crippen LogP contribution is -2.51. The van der Waals surface area contributed by atoms with Crippen molar-refractivity contribution < 1.29 is 4.79 Å². The van der Waals surface area contributed by atoms with Crippen LogP contribution in [0.3, 0.4) is 0 Å². The summed E-state index contributed by atoms with van der Waals surface area (Å²) in [6, 6.07) is 3.81. The Hall–Kier alpha value is -1.25. The molecule has 1 N–H and O–H groups in total. The van der Waals surface area contributed by atoms with E-state index in [9.17, 15) is 4.79 Å². The fraction of sp³-hybridized carbons (Fsp3) is 0.688. The molecule has 4 aliphatic carbocycles. The predicted octanol–water partition coefficient (Wildman–Crippen LogP) is 3.26. The molecule has 0 atom stereocenters. The van der Waals surface area contributed by atoms with Crippen molar-refractivity contribution >= 4 is 6.03 Å². The number of carbonyl (C=O) groups is 1. The molecule has 3 nitrogen and oxygen atoms in total. The van der Waals surface area contributed by atoms with Gasteiger partial charge in [0.25, 0.3) is 0 Å². The molecule has 0 aliphatic heterocycles. The lowest BCUT2D eigenvalue weighted by atomic mass is 9.49. The number of amides is 1. The van der Waals surface area contributed by atoms with Crippen molar-refractivity contribution in [2.24, 2.45) is 23.2 Å². The van der Waals surface area contributed by atoms with E-state index in [1.165, 1.54) is 38.5 Å². The molecule has 4 fully saturated rings. The number of nitrogens with zero attached hydrogens (tertiary/aromatic N) is 1. The molecule has 0 spiro atoms. The Morgan fingerprint density at radius 2 is 1.58 bits per heavy atom. The molecule has 0 radical (unpaired) electrons. The lowest BCUT2D eigenvalue weighted by molar-refractivity contribution is -0.0498. The fourth-order valence-electron chi connectivity index (χ4n) is 5.33. The third-order valence-electron chi connectivity index (χ3n) is 5.62. The van der Waals surface area contributed by atoms with E-state index in [2.05, 4.69) is 5.32 Å². The largest absolute Gasteiger partial charge is 0.337 e. The van der Waals surface area contributed by atoms with Gasteiger partial charge < -0.3 is 5.32 Å². The summed E-state index contributed by atoms with van der Waals surface area (Å²) in [6.45, 7) is 0.882. The van der Waals surface area contributed by atoms with Gasteiger partial charge in [-0.25, -0.2) is 4.79 Å². The van der Waals surface area contributed by atoms with Gasteiger partial charge in [0.1, 0.15) is 0 Å². The van der Waals surface area contributed by atoms with Gasteiger partial charge in [-0.15, -0.1) is 0 Å². The van der Waals surface area contributed by atoms with Crippen LogP contribution in [0.25, 0.3) is 0 Å². The fourth-order valence-corrected chi connectivity index (χ4v) is 5.33. The van der Waals surface area contributed by atoms with Gasteiger partial charge in [0.15, 0.2) is 0 Å². The molecule has 102 valence electrons. The highest BCUT2D eigenvalue weighted by Gasteiger charge is 2.50. The maximum atomic E-state index is 12.1. The summed E-state index contributed by atoms with van der Waals surface area (Å²) in [5.41, 5.74) is 0.428. The first-order chi connectivity index (χ1) is 9.22. The topological polar surface area (TPSA) is 34.0 Å². The van der Waals surface area contributed by atoms with Crippen molar-refractivity contribution in [3.63, 3.8) is 0 Å². The monoisotopic (exact) mass is 258 g/mol. The van der Waals surface area contributed by atoms with Crippen molar-refractivity contribution in [1.29, 1.82) is 0 Å². The van der Waals surface area contributed by atoms with E-state index in [0.717, 1.165) is 24.3 Å². The van der Waals surface area contributed by atoms with E-state index < -0.39 is 0 Å². The van der Waals surface area contributed by atoms with Gasteiger partial charge >= 0.3 is 6.03 Å². The second kappa shape index (κ2) is 4.12. The van der Waals surface area contributed by atoms with Crippen LogP contribution in [-0.2, 0) is 0 Å². The van der Waals surface area contributed by atoms with Crippen LogP contribution in [-0.4, -0.2) is 17.1 Å². The van der Waals surface area contributed by atoms with Crippen LogP contribution in [0.2, 0.25) is 0 Å². The number of nitrogens with one attached hydrogen (secondary N) is 1. The summed E-state index contributed by atoms with van der Waals surface area (Å²) >= 11 is 0. The third kappa shape index (κ3) is 1.99. The molecule has 0 saturated heterocycles. The van der Waals surface area contributed by atoms with Gasteiger partial charge in [-0.1, -0.05) is 0 Å². The number of hydrogen-bond donors (Lipinski definition) is 1. The minimum Gasteiger partial charge on any atom is -0.337 e. The average Bonchev–Trinajstić information content (AvgIpc) is 2.88. The zero-order valence-corrected chi connectivity index (χ0v) is 11.3. The van der Waals surface area contributed by atoms with Gasteiger partial charge in [0, 0.05) is 18.9 Å². The predicted molar refractivity (Wildman–Crippen MR) is 73.8 cm³/mol. The summed E-state index contributed by atoms with van der Waals surface area (Å²) < 4.78 is 1.64. The standard InChI is InChI=1S/C16H22N2O/c19-15(18-3-1-2-4-18)17-11-16-8-12-5-13(9-16)7-14(6-12)10-16/h1-4,12-14H,5-11H2,(H,17,19). The van der Waals surface area contributed by atoms with Crippen molar-refractivity contribution in [3.8, 4) is 0 Å². The van der Waals surface area contributed by atoms with Gasteiger partial charge in [-0.2, -0.15) is 0 Å². The van der Waals surface area contributed by atoms with Crippen LogP contribution >= 0.6 is 0 Å². The minimum absolute atomic E-state index is 0.0285. The normalized spacial score (nSPS) is 39.5. The van der Waals surface area contributed by atoms with Crippen LogP contribution in [0.4, 0.5) is 4.79 Å². The van der Waals surface area contributed by atoms with Crippen molar-refractivity contribution in [2.75, 3.05) is 6.54 Å². The Kier molecular flexibility index (Phi) is 2.51. The SMILES string of the molecule is O=C(NCC12CC3CC(CC(C3)C1)C2)n1cccc1. The first-order valence-electron chi connectivity index (χ1n) is 7.64. The van der Waals surface area contributed by atoms with E-state index in [0.29, 0.717) is 5.41 Å². The molecule has 19 heavy (non-hydrogen) atoms. The molecular formula is C16H22N2O. The molecule has 4 bridgehead atoms. The zero-order valence-electron chi connectivity index (χ0n) is 11.3. The molecule has 1 aromatic rings. The summed E-state index contributed by atoms with van der Waals surface area (Å²) in [4.78, 5) is 12.1. The number of hydrogen-bond acceptors (Lipinski definition) is 1. The lowest BCUT2D eigenvalue weighted by Gasteiger charge is -2.56. The average molecular weight is 258 g/mol. The highest BCUT2D eigenvalue weighted by molar-refractivity contribution is 5.76. The maximum absolute atomic E-state index is 12.1. The van der Waals surface area contributed by atoms with Crippen LogP contribution in [0.5, 0.6) is 0 Å². The van der Waals surface area contributed by atoms with Crippen LogP contribution in [0.15, 0.2) is 24.5 Å². The Morgan fingerprint density at radius 3 is 2.11 bits per heavy atom. The number of carbonyl (C=O) groups excluding carboxylic acids is 1. The highest BCUT2D eigenvalue weighted by Crippen LogP contribution is 2.59. The van der Waals surface area contributed by atoms with Crippen molar-refractivity contribution in [3.05, 3.63) is 24.5 Å². The molecule has 4 saturated carbocycles. The van der Waals surface area contributed by atoms with Crippen molar-refractivity contribution in [2.45, 2.75) is 38.5 Å². The molecule has 5 rings (SSSR count). The maximum Gasteiger partial charge on any atom is 0.325 e. The Morgan fingerprint density at radius 1 is 1.05 bits per heavy atom. The first kappa shape index (κ1) is 11.6. The molecule has 0 unspecified atom stereocenters. The second-order valence-corrected chi connectivity index (χ2v) is 7.17. The van der Waals surface area contributed by atoms with E-state index in [1.807, 2.05) is 24.5 Å². The summed E-state index contributed by atoms with van der Waals surface area (Å²) in [5, 5.41) is 3.17. The molecular weight excluding hydrogens is 236 g/mol. The molecule has 1 aromatic heterocycles. The first-order valence-corrected chi connectivity index (χ1v) is 7.64. The van der Waals surface area contributed by atoms with E-state index in [-0.39, 0.29) is 6.03 Å². The smallest absolute Gasteiger partial charge is 0.325 e. The molecule has 4 aliphatic rings. The third-order valence-corrected chi connectivity index (χ3v) is 5.62. The Labute approximate surface area is 114 Å². The quantitative estimate of drug-likeness (QED) is 0.868. The molecule has 1 heterocycles.